The number of hydrazone groups is 1. The second kappa shape index (κ2) is 6.42. The molecule has 0 unspecified atom stereocenters. The lowest BCUT2D eigenvalue weighted by Crippen LogP contribution is -2.58. The molecule has 0 heterocycles. The molecule has 0 saturated heterocycles. The molecular formula is C12H9F7N2O2. The lowest BCUT2D eigenvalue weighted by molar-refractivity contribution is -0.361. The van der Waals surface area contributed by atoms with E-state index >= 15 is 0 Å². The second-order valence-electron chi connectivity index (χ2n) is 4.15. The summed E-state index contributed by atoms with van der Waals surface area (Å²) in [6.07, 6.45) is -5.95. The van der Waals surface area contributed by atoms with Gasteiger partial charge >= 0.3 is 24.1 Å². The third kappa shape index (κ3) is 4.33. The van der Waals surface area contributed by atoms with E-state index in [0.717, 1.165) is 6.92 Å². The Morgan fingerprint density at radius 2 is 1.70 bits per heavy atom. The van der Waals surface area contributed by atoms with E-state index in [0.29, 0.717) is 11.6 Å². The maximum Gasteiger partial charge on any atom is 0.462 e. The molecule has 0 radical (unpaired) electrons. The largest absolute Gasteiger partial charge is 0.462 e. The topological polar surface area (TPSA) is 50.7 Å². The monoisotopic (exact) mass is 346 g/mol. The Bertz CT molecular complexity index is 599. The van der Waals surface area contributed by atoms with Crippen molar-refractivity contribution in [2.45, 2.75) is 25.1 Å². The Kier molecular flexibility index (Phi) is 5.23. The predicted octanol–water partition coefficient (Wildman–Crippen LogP) is 3.33. The third-order valence-electron chi connectivity index (χ3n) is 2.33. The van der Waals surface area contributed by atoms with Crippen LogP contribution in [0.2, 0.25) is 0 Å². The van der Waals surface area contributed by atoms with Crippen LogP contribution in [0, 0.1) is 0 Å². The summed E-state index contributed by atoms with van der Waals surface area (Å²) in [7, 11) is 0. The normalized spacial score (nSPS) is 13.2. The number of hydrogen-bond acceptors (Lipinski definition) is 4. The maximum absolute atomic E-state index is 12.9. The van der Waals surface area contributed by atoms with Crippen LogP contribution in [0.4, 0.5) is 30.7 Å². The zero-order valence-corrected chi connectivity index (χ0v) is 11.3. The zero-order chi connectivity index (χ0) is 17.9. The fraction of sp³-hybridized carbons (Fsp3) is 0.333. The molecule has 1 rings (SSSR count). The van der Waals surface area contributed by atoms with Crippen LogP contribution in [-0.4, -0.2) is 30.3 Å². The minimum absolute atomic E-state index is 0.0960. The zero-order valence-electron chi connectivity index (χ0n) is 11.3. The number of nitrogens with zero attached hydrogens (tertiary/aromatic N) is 1. The number of rotatable bonds is 5. The van der Waals surface area contributed by atoms with E-state index in [-0.39, 0.29) is 11.3 Å². The summed E-state index contributed by atoms with van der Waals surface area (Å²) in [6.45, 7) is 1.05. The molecule has 0 fully saturated rings. The molecule has 4 nitrogen and oxygen atoms in total. The lowest BCUT2D eigenvalue weighted by atomic mass is 10.2. The van der Waals surface area contributed by atoms with Gasteiger partial charge in [0.15, 0.2) is 0 Å². The van der Waals surface area contributed by atoms with Crippen molar-refractivity contribution >= 4 is 12.2 Å². The fourth-order valence-electron chi connectivity index (χ4n) is 1.27. The van der Waals surface area contributed by atoms with Gasteiger partial charge in [0.25, 0.3) is 0 Å². The van der Waals surface area contributed by atoms with Gasteiger partial charge in [0.2, 0.25) is 0 Å². The molecule has 23 heavy (non-hydrogen) atoms. The van der Waals surface area contributed by atoms with Crippen molar-refractivity contribution < 1.29 is 40.3 Å². The Morgan fingerprint density at radius 1 is 1.13 bits per heavy atom. The molecule has 1 aromatic carbocycles. The van der Waals surface area contributed by atoms with E-state index < -0.39 is 24.1 Å². The number of carbonyl (C=O) groups is 1. The van der Waals surface area contributed by atoms with Crippen molar-refractivity contribution in [2.24, 2.45) is 5.10 Å². The number of hydrogen-bond donors (Lipinski definition) is 1. The van der Waals surface area contributed by atoms with Crippen molar-refractivity contribution in [3.63, 3.8) is 0 Å². The Morgan fingerprint density at radius 3 is 2.22 bits per heavy atom. The van der Waals surface area contributed by atoms with Crippen LogP contribution in [-0.2, 0) is 4.79 Å². The molecule has 0 aliphatic carbocycles. The molecule has 1 aromatic rings. The lowest BCUT2D eigenvalue weighted by Gasteiger charge is -2.27. The molecule has 128 valence electrons. The van der Waals surface area contributed by atoms with Gasteiger partial charge in [-0.1, -0.05) is 12.1 Å². The van der Waals surface area contributed by atoms with Crippen molar-refractivity contribution in [3.05, 3.63) is 29.8 Å². The van der Waals surface area contributed by atoms with E-state index in [4.69, 9.17) is 0 Å². The maximum atomic E-state index is 12.9. The Balaban J connectivity index is 2.94. The van der Waals surface area contributed by atoms with Crippen LogP contribution in [0.15, 0.2) is 29.4 Å². The van der Waals surface area contributed by atoms with Crippen LogP contribution in [0.3, 0.4) is 0 Å². The summed E-state index contributed by atoms with van der Waals surface area (Å²) in [5.74, 6) is -7.23. The molecule has 0 bridgehead atoms. The number of nitrogens with one attached hydrogen (secondary N) is 1. The first-order chi connectivity index (χ1) is 10.4. The van der Waals surface area contributed by atoms with Crippen LogP contribution in [0.1, 0.15) is 12.5 Å². The molecule has 0 amide bonds. The van der Waals surface area contributed by atoms with Crippen LogP contribution in [0.25, 0.3) is 0 Å². The standard InChI is InChI=1S/C12H9F7N2O2/c1-7(22)23-9-5-3-2-4-8(9)6-20-21-12(18,19)10(13,14)11(15,16)17/h2-6,21H,1H3/b20-6-. The highest BCUT2D eigenvalue weighted by atomic mass is 19.4. The minimum atomic E-state index is -6.46. The summed E-state index contributed by atoms with van der Waals surface area (Å²) in [5.41, 5.74) is 0.364. The molecule has 0 aromatic heterocycles. The van der Waals surface area contributed by atoms with Crippen molar-refractivity contribution in [1.82, 2.24) is 5.43 Å². The molecule has 1 N–H and O–H groups in total. The van der Waals surface area contributed by atoms with Crippen LogP contribution >= 0.6 is 0 Å². The highest BCUT2D eigenvalue weighted by molar-refractivity contribution is 5.85. The number of ether oxygens (including phenoxy) is 1. The average molecular weight is 346 g/mol. The molecule has 0 aliphatic rings. The highest BCUT2D eigenvalue weighted by Crippen LogP contribution is 2.44. The summed E-state index contributed by atoms with van der Waals surface area (Å²) < 4.78 is 91.5. The van der Waals surface area contributed by atoms with Gasteiger partial charge in [0, 0.05) is 12.5 Å². The number of halogens is 7. The average Bonchev–Trinajstić information content (AvgIpc) is 2.38. The van der Waals surface area contributed by atoms with Gasteiger partial charge in [-0.2, -0.15) is 35.8 Å². The molecule has 0 atom stereocenters. The molecule has 11 heteroatoms. The predicted molar refractivity (Wildman–Crippen MR) is 64.4 cm³/mol. The number of alkyl halides is 7. The van der Waals surface area contributed by atoms with E-state index in [1.807, 2.05) is 0 Å². The van der Waals surface area contributed by atoms with Gasteiger partial charge in [-0.3, -0.25) is 4.79 Å². The number of benzene rings is 1. The summed E-state index contributed by atoms with van der Waals surface area (Å²) >= 11 is 0. The van der Waals surface area contributed by atoms with Crippen LogP contribution in [0.5, 0.6) is 5.75 Å². The third-order valence-corrected chi connectivity index (χ3v) is 2.33. The van der Waals surface area contributed by atoms with E-state index in [2.05, 4.69) is 9.84 Å². The van der Waals surface area contributed by atoms with E-state index in [1.165, 1.54) is 24.3 Å². The molecule has 0 spiro atoms. The van der Waals surface area contributed by atoms with Gasteiger partial charge < -0.3 is 4.74 Å². The van der Waals surface area contributed by atoms with Crippen molar-refractivity contribution in [1.29, 1.82) is 0 Å². The fourth-order valence-corrected chi connectivity index (χ4v) is 1.27. The quantitative estimate of drug-likeness (QED) is 0.222. The van der Waals surface area contributed by atoms with Gasteiger partial charge in [-0.25, -0.2) is 5.43 Å². The Hall–Kier alpha value is -2.33. The second-order valence-corrected chi connectivity index (χ2v) is 4.15. The van der Waals surface area contributed by atoms with E-state index in [9.17, 15) is 35.5 Å². The minimum Gasteiger partial charge on any atom is -0.426 e. The van der Waals surface area contributed by atoms with Gasteiger partial charge in [-0.15, -0.1) is 0 Å². The SMILES string of the molecule is CC(=O)Oc1ccccc1/C=N\NC(F)(F)C(F)(F)C(F)(F)F. The molecule has 0 saturated carbocycles. The van der Waals surface area contributed by atoms with Gasteiger partial charge in [-0.05, 0) is 12.1 Å². The first-order valence-corrected chi connectivity index (χ1v) is 5.78. The summed E-state index contributed by atoms with van der Waals surface area (Å²) in [6, 6.07) is -0.431. The Labute approximate surface area is 124 Å². The number of esters is 1. The van der Waals surface area contributed by atoms with Crippen molar-refractivity contribution in [2.75, 3.05) is 0 Å². The van der Waals surface area contributed by atoms with Gasteiger partial charge in [0.05, 0.1) is 6.21 Å². The van der Waals surface area contributed by atoms with Crippen molar-refractivity contribution in [3.8, 4) is 5.75 Å². The summed E-state index contributed by atoms with van der Waals surface area (Å²) in [5, 5.41) is 2.66. The first-order valence-electron chi connectivity index (χ1n) is 5.78. The van der Waals surface area contributed by atoms with E-state index in [1.54, 1.807) is 0 Å². The first kappa shape index (κ1) is 18.7. The highest BCUT2D eigenvalue weighted by Gasteiger charge is 2.73. The summed E-state index contributed by atoms with van der Waals surface area (Å²) in [4.78, 5) is 10.8. The smallest absolute Gasteiger partial charge is 0.426 e. The molecule has 0 aliphatic heterocycles. The number of para-hydroxylation sites is 1. The van der Waals surface area contributed by atoms with Crippen LogP contribution < -0.4 is 10.2 Å². The number of carbonyl (C=O) groups excluding carboxylic acids is 1. The van der Waals surface area contributed by atoms with Gasteiger partial charge in [0.1, 0.15) is 5.75 Å². The molecular weight excluding hydrogens is 337 g/mol.